The molecule has 0 fully saturated rings. The van der Waals surface area contributed by atoms with E-state index in [2.05, 4.69) is 0 Å². The molecule has 7 nitrogen and oxygen atoms in total. The van der Waals surface area contributed by atoms with Crippen molar-refractivity contribution >= 4 is 66.8 Å². The van der Waals surface area contributed by atoms with Crippen molar-refractivity contribution in [2.45, 2.75) is 19.8 Å². The summed E-state index contributed by atoms with van der Waals surface area (Å²) in [5.41, 5.74) is 0.739. The number of fused-ring (bicyclic) bond motifs is 2. The number of benzene rings is 5. The molecule has 2 amide bonds. The highest BCUT2D eigenvalue weighted by Gasteiger charge is 2.34. The van der Waals surface area contributed by atoms with Crippen molar-refractivity contribution in [3.05, 3.63) is 70.8 Å². The van der Waals surface area contributed by atoms with Gasteiger partial charge in [0.25, 0.3) is 11.8 Å². The van der Waals surface area contributed by atoms with Gasteiger partial charge in [-0.15, -0.1) is 0 Å². The minimum atomic E-state index is -1.21. The minimum Gasteiger partial charge on any atom is -0.478 e. The monoisotopic (exact) mass is 465 g/mol. The third-order valence-corrected chi connectivity index (χ3v) is 7.05. The predicted octanol–water partition coefficient (Wildman–Crippen LogP) is 5.53. The fraction of sp³-hybridized carbons (Fsp3) is 0.143. The third kappa shape index (κ3) is 2.66. The molecule has 0 spiro atoms. The molecule has 7 heteroatoms. The second-order valence-corrected chi connectivity index (χ2v) is 8.87. The van der Waals surface area contributed by atoms with Gasteiger partial charge in [-0.05, 0) is 63.0 Å². The predicted molar refractivity (Wildman–Crippen MR) is 132 cm³/mol. The average Bonchev–Trinajstić information content (AvgIpc) is 2.85. The lowest BCUT2D eigenvalue weighted by atomic mass is 9.83. The van der Waals surface area contributed by atoms with Crippen LogP contribution in [-0.2, 0) is 0 Å². The Morgan fingerprint density at radius 1 is 0.657 bits per heavy atom. The first kappa shape index (κ1) is 21.0. The zero-order valence-electron chi connectivity index (χ0n) is 18.7. The number of nitrogens with zero attached hydrogens (tertiary/aromatic N) is 1. The zero-order valence-corrected chi connectivity index (χ0v) is 18.7. The van der Waals surface area contributed by atoms with Gasteiger partial charge < -0.3 is 10.2 Å². The van der Waals surface area contributed by atoms with Crippen LogP contribution in [0.1, 0.15) is 61.2 Å². The molecular formula is C28H19NO6. The van der Waals surface area contributed by atoms with Gasteiger partial charge in [-0.3, -0.25) is 14.5 Å². The topological polar surface area (TPSA) is 112 Å². The standard InChI is InChI=1S/C28H19NO6/c1-2-3-12-29-25(30)17-8-4-13-15-6-10-19(27(32)33)24-20(28(34)35)11-7-16(22(15)24)14-5-9-18(26(29)31)23(17)21(13)14/h4-11H,2-3,12H2,1H3,(H,32,33)(H,34,35). The average molecular weight is 465 g/mol. The van der Waals surface area contributed by atoms with E-state index in [-0.39, 0.29) is 28.3 Å². The summed E-state index contributed by atoms with van der Waals surface area (Å²) < 4.78 is 0. The summed E-state index contributed by atoms with van der Waals surface area (Å²) in [6.45, 7) is 2.36. The molecular weight excluding hydrogens is 446 g/mol. The number of hydrogen-bond donors (Lipinski definition) is 2. The number of unbranched alkanes of at least 4 members (excludes halogenated alkanes) is 1. The minimum absolute atomic E-state index is 0.0889. The lowest BCUT2D eigenvalue weighted by molar-refractivity contribution is 0.0605. The molecule has 5 aromatic carbocycles. The molecule has 6 rings (SSSR count). The van der Waals surface area contributed by atoms with Crippen molar-refractivity contribution in [3.63, 3.8) is 0 Å². The van der Waals surface area contributed by atoms with Gasteiger partial charge in [0.05, 0.1) is 11.1 Å². The van der Waals surface area contributed by atoms with Crippen molar-refractivity contribution in [1.29, 1.82) is 0 Å². The first-order chi connectivity index (χ1) is 16.8. The van der Waals surface area contributed by atoms with Crippen LogP contribution in [0.4, 0.5) is 0 Å². The van der Waals surface area contributed by atoms with Gasteiger partial charge in [-0.25, -0.2) is 9.59 Å². The second kappa shape index (κ2) is 7.24. The van der Waals surface area contributed by atoms with Crippen LogP contribution in [0, 0.1) is 0 Å². The van der Waals surface area contributed by atoms with Crippen LogP contribution < -0.4 is 0 Å². The quantitative estimate of drug-likeness (QED) is 0.201. The number of carbonyl (C=O) groups excluding carboxylic acids is 2. The number of carboxylic acids is 2. The van der Waals surface area contributed by atoms with Gasteiger partial charge in [0.1, 0.15) is 0 Å². The van der Waals surface area contributed by atoms with Crippen molar-refractivity contribution in [1.82, 2.24) is 4.90 Å². The summed E-state index contributed by atoms with van der Waals surface area (Å²) in [6.07, 6.45) is 1.58. The molecule has 1 aliphatic rings. The van der Waals surface area contributed by atoms with E-state index in [1.165, 1.54) is 17.0 Å². The van der Waals surface area contributed by atoms with E-state index < -0.39 is 11.9 Å². The summed E-state index contributed by atoms with van der Waals surface area (Å²) in [7, 11) is 0. The largest absolute Gasteiger partial charge is 0.478 e. The zero-order chi connectivity index (χ0) is 24.6. The van der Waals surface area contributed by atoms with E-state index in [0.29, 0.717) is 39.2 Å². The number of rotatable bonds is 5. The van der Waals surface area contributed by atoms with Crippen LogP contribution in [0.2, 0.25) is 0 Å². The molecule has 0 aromatic heterocycles. The van der Waals surface area contributed by atoms with Gasteiger partial charge in [0, 0.05) is 28.4 Å². The molecule has 0 saturated heterocycles. The maximum atomic E-state index is 13.3. The van der Waals surface area contributed by atoms with Gasteiger partial charge in [-0.1, -0.05) is 37.6 Å². The van der Waals surface area contributed by atoms with Gasteiger partial charge >= 0.3 is 11.9 Å². The maximum Gasteiger partial charge on any atom is 0.336 e. The molecule has 0 unspecified atom stereocenters. The Hall–Kier alpha value is -4.52. The first-order valence-electron chi connectivity index (χ1n) is 11.4. The normalized spacial score (nSPS) is 13.6. The number of aromatic carboxylic acids is 2. The number of hydrogen-bond acceptors (Lipinski definition) is 4. The highest BCUT2D eigenvalue weighted by molar-refractivity contribution is 6.39. The van der Waals surface area contributed by atoms with Crippen LogP contribution in [0.15, 0.2) is 48.5 Å². The molecule has 0 bridgehead atoms. The van der Waals surface area contributed by atoms with Crippen molar-refractivity contribution < 1.29 is 29.4 Å². The van der Waals surface area contributed by atoms with E-state index in [0.717, 1.165) is 29.0 Å². The molecule has 35 heavy (non-hydrogen) atoms. The van der Waals surface area contributed by atoms with E-state index in [1.807, 2.05) is 19.1 Å². The summed E-state index contributed by atoms with van der Waals surface area (Å²) >= 11 is 0. The van der Waals surface area contributed by atoms with Crippen LogP contribution >= 0.6 is 0 Å². The number of amides is 2. The third-order valence-electron chi connectivity index (χ3n) is 7.05. The summed E-state index contributed by atoms with van der Waals surface area (Å²) in [6, 6.07) is 13.2. The van der Waals surface area contributed by atoms with Gasteiger partial charge in [-0.2, -0.15) is 0 Å². The lowest BCUT2D eigenvalue weighted by Crippen LogP contribution is -2.40. The Morgan fingerprint density at radius 2 is 1.09 bits per heavy atom. The highest BCUT2D eigenvalue weighted by atomic mass is 16.4. The SMILES string of the molecule is CCCCN1C(=O)c2ccc3c4ccc(C(=O)O)c5c(C(=O)O)ccc(c6ccc(c2c36)C1=O)c54. The smallest absolute Gasteiger partial charge is 0.336 e. The summed E-state index contributed by atoms with van der Waals surface area (Å²) in [4.78, 5) is 51.9. The van der Waals surface area contributed by atoms with Crippen LogP contribution in [0.5, 0.6) is 0 Å². The van der Waals surface area contributed by atoms with E-state index >= 15 is 0 Å². The molecule has 0 atom stereocenters. The van der Waals surface area contributed by atoms with Crippen LogP contribution in [0.3, 0.4) is 0 Å². The maximum absolute atomic E-state index is 13.3. The number of imide groups is 1. The molecule has 0 saturated carbocycles. The molecule has 172 valence electrons. The van der Waals surface area contributed by atoms with E-state index in [4.69, 9.17) is 0 Å². The van der Waals surface area contributed by atoms with Crippen LogP contribution in [-0.4, -0.2) is 45.4 Å². The fourth-order valence-corrected chi connectivity index (χ4v) is 5.50. The molecule has 0 aliphatic carbocycles. The fourth-order valence-electron chi connectivity index (χ4n) is 5.50. The van der Waals surface area contributed by atoms with E-state index in [1.54, 1.807) is 24.3 Å². The van der Waals surface area contributed by atoms with Crippen molar-refractivity contribution in [3.8, 4) is 0 Å². The molecule has 1 heterocycles. The second-order valence-electron chi connectivity index (χ2n) is 8.87. The Bertz CT molecular complexity index is 1670. The van der Waals surface area contributed by atoms with Crippen molar-refractivity contribution in [2.75, 3.05) is 6.54 Å². The molecule has 1 aliphatic heterocycles. The molecule has 2 N–H and O–H groups in total. The highest BCUT2D eigenvalue weighted by Crippen LogP contribution is 2.45. The number of carboxylic acid groups (broad SMARTS) is 2. The Morgan fingerprint density at radius 3 is 1.51 bits per heavy atom. The Labute approximate surface area is 198 Å². The Kier molecular flexibility index (Phi) is 4.35. The van der Waals surface area contributed by atoms with E-state index in [9.17, 15) is 29.4 Å². The first-order valence-corrected chi connectivity index (χ1v) is 11.4. The molecule has 5 aromatic rings. The van der Waals surface area contributed by atoms with Gasteiger partial charge in [0.15, 0.2) is 0 Å². The van der Waals surface area contributed by atoms with Gasteiger partial charge in [0.2, 0.25) is 0 Å². The summed E-state index contributed by atoms with van der Waals surface area (Å²) in [5.74, 6) is -3.07. The Balaban J connectivity index is 1.80. The lowest BCUT2D eigenvalue weighted by Gasteiger charge is -2.28. The van der Waals surface area contributed by atoms with Crippen LogP contribution in [0.25, 0.3) is 43.1 Å². The van der Waals surface area contributed by atoms with Crippen molar-refractivity contribution in [2.24, 2.45) is 0 Å². The molecule has 0 radical (unpaired) electrons. The summed E-state index contributed by atoms with van der Waals surface area (Å²) in [5, 5.41) is 24.4. The number of carbonyl (C=O) groups is 4.